The summed E-state index contributed by atoms with van der Waals surface area (Å²) in [7, 11) is 0. The van der Waals surface area contributed by atoms with Crippen LogP contribution in [0.15, 0.2) is 18.3 Å². The molecule has 3 heteroatoms. The van der Waals surface area contributed by atoms with E-state index in [1.807, 2.05) is 19.2 Å². The standard InChI is InChI=1S/C15H27N3/c1-4-6-10-18(11-7-5-2)14-8-9-15(13(3)16)17-12-14/h8-9,12-13H,4-7,10-11,16H2,1-3H3/t13-/m1/s1. The van der Waals surface area contributed by atoms with Crippen LogP contribution in [0.2, 0.25) is 0 Å². The summed E-state index contributed by atoms with van der Waals surface area (Å²) in [6.07, 6.45) is 6.89. The van der Waals surface area contributed by atoms with Crippen LogP contribution in [0.1, 0.15) is 58.2 Å². The minimum atomic E-state index is 0.0128. The smallest absolute Gasteiger partial charge is 0.0569 e. The van der Waals surface area contributed by atoms with E-state index >= 15 is 0 Å². The summed E-state index contributed by atoms with van der Waals surface area (Å²) < 4.78 is 0. The molecule has 0 spiro atoms. The van der Waals surface area contributed by atoms with E-state index in [0.29, 0.717) is 0 Å². The van der Waals surface area contributed by atoms with Gasteiger partial charge in [-0.05, 0) is 31.9 Å². The van der Waals surface area contributed by atoms with Crippen molar-refractivity contribution in [3.05, 3.63) is 24.0 Å². The van der Waals surface area contributed by atoms with Gasteiger partial charge in [-0.3, -0.25) is 4.98 Å². The number of nitrogens with zero attached hydrogens (tertiary/aromatic N) is 2. The maximum absolute atomic E-state index is 5.82. The van der Waals surface area contributed by atoms with Crippen molar-refractivity contribution in [2.45, 2.75) is 52.5 Å². The van der Waals surface area contributed by atoms with Crippen LogP contribution in [0.4, 0.5) is 5.69 Å². The molecular formula is C15H27N3. The topological polar surface area (TPSA) is 42.1 Å². The Morgan fingerprint density at radius 3 is 2.17 bits per heavy atom. The van der Waals surface area contributed by atoms with Gasteiger partial charge in [0.1, 0.15) is 0 Å². The van der Waals surface area contributed by atoms with Gasteiger partial charge in [-0.15, -0.1) is 0 Å². The fourth-order valence-corrected chi connectivity index (χ4v) is 1.92. The molecule has 0 amide bonds. The number of anilines is 1. The fourth-order valence-electron chi connectivity index (χ4n) is 1.92. The average molecular weight is 249 g/mol. The Bertz CT molecular complexity index is 311. The van der Waals surface area contributed by atoms with E-state index < -0.39 is 0 Å². The Morgan fingerprint density at radius 2 is 1.78 bits per heavy atom. The zero-order valence-corrected chi connectivity index (χ0v) is 12.0. The number of unbranched alkanes of at least 4 members (excludes halogenated alkanes) is 2. The average Bonchev–Trinajstić information content (AvgIpc) is 2.39. The number of hydrogen-bond acceptors (Lipinski definition) is 3. The zero-order chi connectivity index (χ0) is 13.4. The monoisotopic (exact) mass is 249 g/mol. The molecule has 1 aromatic rings. The molecule has 1 heterocycles. The molecule has 0 radical (unpaired) electrons. The van der Waals surface area contributed by atoms with Crippen LogP contribution in [0.25, 0.3) is 0 Å². The second-order valence-corrected chi connectivity index (χ2v) is 4.92. The molecule has 1 aromatic heterocycles. The van der Waals surface area contributed by atoms with Gasteiger partial charge in [-0.25, -0.2) is 0 Å². The first kappa shape index (κ1) is 15.0. The van der Waals surface area contributed by atoms with Gasteiger partial charge in [0, 0.05) is 19.1 Å². The maximum atomic E-state index is 5.82. The second-order valence-electron chi connectivity index (χ2n) is 4.92. The summed E-state index contributed by atoms with van der Waals surface area (Å²) >= 11 is 0. The molecule has 1 atom stereocenters. The first-order valence-electron chi connectivity index (χ1n) is 7.15. The summed E-state index contributed by atoms with van der Waals surface area (Å²) in [6.45, 7) is 8.67. The van der Waals surface area contributed by atoms with Gasteiger partial charge in [0.15, 0.2) is 0 Å². The van der Waals surface area contributed by atoms with Gasteiger partial charge < -0.3 is 10.6 Å². The zero-order valence-electron chi connectivity index (χ0n) is 12.0. The van der Waals surface area contributed by atoms with Crippen molar-refractivity contribution in [1.82, 2.24) is 4.98 Å². The quantitative estimate of drug-likeness (QED) is 0.766. The van der Waals surface area contributed by atoms with Gasteiger partial charge in [-0.2, -0.15) is 0 Å². The van der Waals surface area contributed by atoms with E-state index in [2.05, 4.69) is 29.8 Å². The Labute approximate surface area is 111 Å². The predicted molar refractivity (Wildman–Crippen MR) is 78.9 cm³/mol. The molecule has 0 aromatic carbocycles. The van der Waals surface area contributed by atoms with Crippen LogP contribution in [0.5, 0.6) is 0 Å². The van der Waals surface area contributed by atoms with Crippen LogP contribution in [0, 0.1) is 0 Å². The minimum Gasteiger partial charge on any atom is -0.370 e. The molecule has 0 saturated heterocycles. The molecule has 0 aliphatic heterocycles. The number of pyridine rings is 1. The molecule has 1 rings (SSSR count). The molecule has 0 bridgehead atoms. The third kappa shape index (κ3) is 4.65. The molecule has 0 unspecified atom stereocenters. The molecular weight excluding hydrogens is 222 g/mol. The first-order valence-corrected chi connectivity index (χ1v) is 7.15. The van der Waals surface area contributed by atoms with Crippen molar-refractivity contribution >= 4 is 5.69 Å². The molecule has 2 N–H and O–H groups in total. The van der Waals surface area contributed by atoms with Crippen molar-refractivity contribution in [3.63, 3.8) is 0 Å². The first-order chi connectivity index (χ1) is 8.69. The van der Waals surface area contributed by atoms with Crippen LogP contribution < -0.4 is 10.6 Å². The normalized spacial score (nSPS) is 12.4. The third-order valence-electron chi connectivity index (χ3n) is 3.17. The summed E-state index contributed by atoms with van der Waals surface area (Å²) in [6, 6.07) is 4.21. The van der Waals surface area contributed by atoms with Crippen molar-refractivity contribution in [1.29, 1.82) is 0 Å². The largest absolute Gasteiger partial charge is 0.370 e. The Balaban J connectivity index is 2.70. The number of hydrogen-bond donors (Lipinski definition) is 1. The van der Waals surface area contributed by atoms with E-state index in [9.17, 15) is 0 Å². The lowest BCUT2D eigenvalue weighted by molar-refractivity contribution is 0.676. The van der Waals surface area contributed by atoms with E-state index in [-0.39, 0.29) is 6.04 Å². The van der Waals surface area contributed by atoms with Crippen LogP contribution >= 0.6 is 0 Å². The van der Waals surface area contributed by atoms with Crippen LogP contribution in [0.3, 0.4) is 0 Å². The summed E-state index contributed by atoms with van der Waals surface area (Å²) in [5.74, 6) is 0. The van der Waals surface area contributed by atoms with Crippen LogP contribution in [-0.4, -0.2) is 18.1 Å². The highest BCUT2D eigenvalue weighted by atomic mass is 15.1. The maximum Gasteiger partial charge on any atom is 0.0569 e. The van der Waals surface area contributed by atoms with Gasteiger partial charge in [0.25, 0.3) is 0 Å². The third-order valence-corrected chi connectivity index (χ3v) is 3.17. The molecule has 0 saturated carbocycles. The molecule has 3 nitrogen and oxygen atoms in total. The lowest BCUT2D eigenvalue weighted by Crippen LogP contribution is -2.25. The number of aromatic nitrogens is 1. The summed E-state index contributed by atoms with van der Waals surface area (Å²) in [5, 5.41) is 0. The van der Waals surface area contributed by atoms with Gasteiger partial charge in [0.05, 0.1) is 17.6 Å². The lowest BCUT2D eigenvalue weighted by Gasteiger charge is -2.24. The molecule has 0 fully saturated rings. The van der Waals surface area contributed by atoms with Crippen molar-refractivity contribution < 1.29 is 0 Å². The SMILES string of the molecule is CCCCN(CCCC)c1ccc([C@@H](C)N)nc1. The Kier molecular flexibility index (Phi) is 6.73. The summed E-state index contributed by atoms with van der Waals surface area (Å²) in [5.41, 5.74) is 8.01. The molecule has 0 aliphatic carbocycles. The Morgan fingerprint density at radius 1 is 1.17 bits per heavy atom. The molecule has 102 valence electrons. The second kappa shape index (κ2) is 8.09. The van der Waals surface area contributed by atoms with E-state index in [0.717, 1.165) is 18.8 Å². The summed E-state index contributed by atoms with van der Waals surface area (Å²) in [4.78, 5) is 6.88. The molecule has 0 aliphatic rings. The van der Waals surface area contributed by atoms with Crippen molar-refractivity contribution in [2.75, 3.05) is 18.0 Å². The van der Waals surface area contributed by atoms with E-state index in [1.165, 1.54) is 31.4 Å². The lowest BCUT2D eigenvalue weighted by atomic mass is 10.2. The van der Waals surface area contributed by atoms with Gasteiger partial charge in [-0.1, -0.05) is 26.7 Å². The number of rotatable bonds is 8. The Hall–Kier alpha value is -1.09. The van der Waals surface area contributed by atoms with Crippen molar-refractivity contribution in [2.24, 2.45) is 5.73 Å². The fraction of sp³-hybridized carbons (Fsp3) is 0.667. The van der Waals surface area contributed by atoms with Gasteiger partial charge in [0.2, 0.25) is 0 Å². The minimum absolute atomic E-state index is 0.0128. The van der Waals surface area contributed by atoms with Crippen LogP contribution in [-0.2, 0) is 0 Å². The number of nitrogens with two attached hydrogens (primary N) is 1. The van der Waals surface area contributed by atoms with Crippen molar-refractivity contribution in [3.8, 4) is 0 Å². The highest BCUT2D eigenvalue weighted by Crippen LogP contribution is 2.17. The highest BCUT2D eigenvalue weighted by molar-refractivity contribution is 5.44. The highest BCUT2D eigenvalue weighted by Gasteiger charge is 2.07. The van der Waals surface area contributed by atoms with Gasteiger partial charge >= 0.3 is 0 Å². The predicted octanol–water partition coefficient (Wildman–Crippen LogP) is 3.51. The van der Waals surface area contributed by atoms with E-state index in [1.54, 1.807) is 0 Å². The van der Waals surface area contributed by atoms with E-state index in [4.69, 9.17) is 5.73 Å². The molecule has 18 heavy (non-hydrogen) atoms.